The van der Waals surface area contributed by atoms with E-state index in [1.807, 2.05) is 23.9 Å². The van der Waals surface area contributed by atoms with Crippen molar-refractivity contribution in [1.29, 1.82) is 0 Å². The first kappa shape index (κ1) is 19.4. The number of hydrogen-bond donors (Lipinski definition) is 0. The lowest BCUT2D eigenvalue weighted by atomic mass is 10.0. The fourth-order valence-corrected chi connectivity index (χ4v) is 5.49. The second-order valence-electron chi connectivity index (χ2n) is 8.84. The summed E-state index contributed by atoms with van der Waals surface area (Å²) in [4.78, 5) is 30.8. The van der Waals surface area contributed by atoms with Crippen LogP contribution >= 0.6 is 0 Å². The van der Waals surface area contributed by atoms with E-state index in [1.54, 1.807) is 11.1 Å². The molecule has 2 fully saturated rings. The molecule has 10 heteroatoms. The van der Waals surface area contributed by atoms with Crippen molar-refractivity contribution in [2.24, 2.45) is 0 Å². The molecule has 3 aliphatic rings. The highest BCUT2D eigenvalue weighted by molar-refractivity contribution is 5.93. The van der Waals surface area contributed by atoms with Crippen LogP contribution in [0.3, 0.4) is 0 Å². The summed E-state index contributed by atoms with van der Waals surface area (Å²) in [6.07, 6.45) is 12.5. The molecule has 2 aliphatic heterocycles. The fraction of sp³-hybridized carbons (Fsp3) is 0.545. The van der Waals surface area contributed by atoms with Crippen LogP contribution in [0.15, 0.2) is 18.6 Å². The highest BCUT2D eigenvalue weighted by Gasteiger charge is 2.39. The van der Waals surface area contributed by atoms with Crippen molar-refractivity contribution < 1.29 is 4.79 Å². The van der Waals surface area contributed by atoms with Crippen molar-refractivity contribution in [2.75, 3.05) is 16.3 Å². The third kappa shape index (κ3) is 2.78. The summed E-state index contributed by atoms with van der Waals surface area (Å²) >= 11 is 0. The zero-order valence-corrected chi connectivity index (χ0v) is 18.5. The molecule has 1 amide bonds. The minimum absolute atomic E-state index is 0.0961. The Morgan fingerprint density at radius 2 is 1.97 bits per heavy atom. The van der Waals surface area contributed by atoms with Crippen molar-refractivity contribution in [3.63, 3.8) is 0 Å². The zero-order valence-electron chi connectivity index (χ0n) is 18.5. The third-order valence-corrected chi connectivity index (χ3v) is 6.96. The molecular weight excluding hydrogens is 406 g/mol. The number of fused-ring (bicyclic) bond motifs is 3. The lowest BCUT2D eigenvalue weighted by Crippen LogP contribution is -2.42. The van der Waals surface area contributed by atoms with Gasteiger partial charge in [0.2, 0.25) is 17.8 Å². The zero-order chi connectivity index (χ0) is 21.8. The number of carbonyl (C=O) groups is 1. The number of aromatic nitrogens is 7. The van der Waals surface area contributed by atoms with Gasteiger partial charge in [-0.15, -0.1) is 10.2 Å². The number of amides is 1. The van der Waals surface area contributed by atoms with E-state index in [1.165, 1.54) is 12.8 Å². The third-order valence-electron chi connectivity index (χ3n) is 6.96. The summed E-state index contributed by atoms with van der Waals surface area (Å²) in [5.41, 5.74) is 0.918. The first-order valence-electron chi connectivity index (χ1n) is 11.6. The van der Waals surface area contributed by atoms with Crippen molar-refractivity contribution in [2.45, 2.75) is 70.9 Å². The number of rotatable bonds is 4. The Labute approximate surface area is 186 Å². The lowest BCUT2D eigenvalue weighted by molar-refractivity contribution is -0.117. The van der Waals surface area contributed by atoms with Crippen molar-refractivity contribution in [3.8, 4) is 11.6 Å². The molecule has 3 aromatic rings. The standard InChI is InChI=1S/C22H27N9O/c1-3-16-20-27-26-14(2)30(20)17-13-24-21(25-19(17)31(16)15-7-4-5-8-15)29-12-10-23-22(29)28-11-6-9-18(28)32/h10,12-13,15-16H,3-9,11H2,1-2H3. The molecule has 1 aliphatic carbocycles. The van der Waals surface area contributed by atoms with Crippen LogP contribution in [0.4, 0.5) is 11.8 Å². The van der Waals surface area contributed by atoms with Gasteiger partial charge in [0.25, 0.3) is 0 Å². The summed E-state index contributed by atoms with van der Waals surface area (Å²) in [5, 5.41) is 8.91. The molecule has 1 saturated carbocycles. The normalized spacial score (nSPS) is 20.8. The number of carbonyl (C=O) groups excluding carboxylic acids is 1. The van der Waals surface area contributed by atoms with Crippen LogP contribution in [0.5, 0.6) is 0 Å². The van der Waals surface area contributed by atoms with Crippen LogP contribution in [0.1, 0.15) is 69.6 Å². The van der Waals surface area contributed by atoms with E-state index in [2.05, 4.69) is 31.6 Å². The molecule has 1 unspecified atom stereocenters. The predicted molar refractivity (Wildman–Crippen MR) is 118 cm³/mol. The second kappa shape index (κ2) is 7.39. The van der Waals surface area contributed by atoms with E-state index in [9.17, 15) is 4.79 Å². The van der Waals surface area contributed by atoms with E-state index in [0.29, 0.717) is 30.9 Å². The Morgan fingerprint density at radius 3 is 2.72 bits per heavy atom. The Bertz CT molecular complexity index is 1180. The van der Waals surface area contributed by atoms with Crippen LogP contribution in [0, 0.1) is 6.92 Å². The van der Waals surface area contributed by atoms with Gasteiger partial charge >= 0.3 is 0 Å². The summed E-state index contributed by atoms with van der Waals surface area (Å²) < 4.78 is 3.92. The van der Waals surface area contributed by atoms with Gasteiger partial charge in [-0.2, -0.15) is 4.98 Å². The first-order valence-corrected chi connectivity index (χ1v) is 11.6. The number of imidazole rings is 1. The van der Waals surface area contributed by atoms with Crippen molar-refractivity contribution in [1.82, 2.24) is 34.3 Å². The topological polar surface area (TPSA) is 97.9 Å². The van der Waals surface area contributed by atoms with Gasteiger partial charge in [0.1, 0.15) is 11.5 Å². The van der Waals surface area contributed by atoms with E-state index >= 15 is 0 Å². The number of nitrogens with zero attached hydrogens (tertiary/aromatic N) is 9. The molecule has 32 heavy (non-hydrogen) atoms. The maximum atomic E-state index is 12.3. The van der Waals surface area contributed by atoms with Crippen LogP contribution in [-0.4, -0.2) is 52.8 Å². The monoisotopic (exact) mass is 433 g/mol. The van der Waals surface area contributed by atoms with Crippen LogP contribution in [0.2, 0.25) is 0 Å². The van der Waals surface area contributed by atoms with E-state index in [4.69, 9.17) is 9.97 Å². The molecule has 6 rings (SSSR count). The van der Waals surface area contributed by atoms with Gasteiger partial charge < -0.3 is 4.90 Å². The van der Waals surface area contributed by atoms with E-state index in [0.717, 1.165) is 48.8 Å². The number of anilines is 2. The fourth-order valence-electron chi connectivity index (χ4n) is 5.49. The van der Waals surface area contributed by atoms with Crippen molar-refractivity contribution >= 4 is 17.7 Å². The van der Waals surface area contributed by atoms with Crippen LogP contribution in [-0.2, 0) is 4.79 Å². The second-order valence-corrected chi connectivity index (χ2v) is 8.84. The molecule has 3 aromatic heterocycles. The molecule has 5 heterocycles. The quantitative estimate of drug-likeness (QED) is 0.624. The first-order chi connectivity index (χ1) is 15.7. The predicted octanol–water partition coefficient (Wildman–Crippen LogP) is 2.89. The molecule has 166 valence electrons. The summed E-state index contributed by atoms with van der Waals surface area (Å²) in [5.74, 6) is 3.93. The molecule has 0 N–H and O–H groups in total. The molecule has 10 nitrogen and oxygen atoms in total. The van der Waals surface area contributed by atoms with Gasteiger partial charge in [-0.25, -0.2) is 9.97 Å². The SMILES string of the molecule is CCC1c2nnc(C)n2-c2cnc(-n3ccnc3N3CCCC3=O)nc2N1C1CCCC1. The Morgan fingerprint density at radius 1 is 1.12 bits per heavy atom. The molecule has 0 bridgehead atoms. The van der Waals surface area contributed by atoms with Gasteiger partial charge in [0, 0.05) is 31.4 Å². The minimum Gasteiger partial charge on any atom is -0.341 e. The van der Waals surface area contributed by atoms with Crippen molar-refractivity contribution in [3.05, 3.63) is 30.2 Å². The lowest BCUT2D eigenvalue weighted by Gasteiger charge is -2.41. The summed E-state index contributed by atoms with van der Waals surface area (Å²) in [7, 11) is 0. The largest absolute Gasteiger partial charge is 0.341 e. The average molecular weight is 434 g/mol. The average Bonchev–Trinajstić information content (AvgIpc) is 3.60. The Hall–Kier alpha value is -3.30. The van der Waals surface area contributed by atoms with Gasteiger partial charge in [0.05, 0.1) is 12.2 Å². The maximum Gasteiger partial charge on any atom is 0.238 e. The van der Waals surface area contributed by atoms with Gasteiger partial charge in [0.15, 0.2) is 11.6 Å². The van der Waals surface area contributed by atoms with E-state index < -0.39 is 0 Å². The van der Waals surface area contributed by atoms with Gasteiger partial charge in [-0.05, 0) is 32.6 Å². The molecule has 1 saturated heterocycles. The molecular formula is C22H27N9O. The smallest absolute Gasteiger partial charge is 0.238 e. The molecule has 0 radical (unpaired) electrons. The highest BCUT2D eigenvalue weighted by atomic mass is 16.2. The molecule has 1 atom stereocenters. The van der Waals surface area contributed by atoms with Crippen LogP contribution < -0.4 is 9.80 Å². The maximum absolute atomic E-state index is 12.3. The molecule has 0 aromatic carbocycles. The Balaban J connectivity index is 1.51. The van der Waals surface area contributed by atoms with E-state index in [-0.39, 0.29) is 11.9 Å². The minimum atomic E-state index is 0.0961. The molecule has 0 spiro atoms. The highest BCUT2D eigenvalue weighted by Crippen LogP contribution is 2.43. The van der Waals surface area contributed by atoms with Gasteiger partial charge in [-0.1, -0.05) is 19.8 Å². The van der Waals surface area contributed by atoms with Crippen LogP contribution in [0.25, 0.3) is 11.6 Å². The van der Waals surface area contributed by atoms with Gasteiger partial charge in [-0.3, -0.25) is 18.8 Å². The number of aryl methyl sites for hydroxylation is 1. The summed E-state index contributed by atoms with van der Waals surface area (Å²) in [6, 6.07) is 0.548. The number of hydrogen-bond acceptors (Lipinski definition) is 7. The summed E-state index contributed by atoms with van der Waals surface area (Å²) in [6.45, 7) is 4.84. The Kier molecular flexibility index (Phi) is 4.48.